The third-order valence-corrected chi connectivity index (χ3v) is 13.5. The standard InChI is InChI=1S/C53H55F5N8O13/c1-3-29-31-18-40-49-32(23-65(40)52(72)33(31)24-78-53(29)73)46-37(10-9-30-27(2)34(54)20-38(64-49)45(30)46)62-43(69)25-77-26-60-41(67)21-59-51(71)39(17-28-7-5-4-6-8-28)63-42(68)22-61-66(74)12-14-76-16-15-75-13-11-44(70)79-50-47(57)35(55)19-36(56)48(50)58/h4-8,18-20,29,37,39,61,66H,3,9-17,21-26H2,1-2H3,(H,59,71)(H,60,67)(H,62,69)(H,63,68)/t29?,37-,39-/m0/s1. The molecule has 3 aliphatic rings. The number of nitrogens with zero attached hydrogens (tertiary/aromatic N) is 2. The van der Waals surface area contributed by atoms with E-state index in [1.165, 1.54) is 6.07 Å². The van der Waals surface area contributed by atoms with Gasteiger partial charge in [-0.2, -0.15) is 14.2 Å². The first-order valence-corrected chi connectivity index (χ1v) is 25.2. The Bertz CT molecular complexity index is 3210. The van der Waals surface area contributed by atoms with Gasteiger partial charge in [0.2, 0.25) is 41.0 Å². The van der Waals surface area contributed by atoms with E-state index in [4.69, 9.17) is 23.9 Å². The molecule has 26 heteroatoms. The zero-order chi connectivity index (χ0) is 56.5. The molecule has 4 atom stereocenters. The average Bonchev–Trinajstić information content (AvgIpc) is 3.68. The minimum Gasteiger partial charge on any atom is -0.613 e. The van der Waals surface area contributed by atoms with Crippen molar-refractivity contribution < 1.29 is 79.6 Å². The van der Waals surface area contributed by atoms with Crippen LogP contribution in [0.15, 0.2) is 53.3 Å². The molecule has 0 spiro atoms. The second kappa shape index (κ2) is 25.8. The summed E-state index contributed by atoms with van der Waals surface area (Å²) in [7, 11) is 0. The maximum absolute atomic E-state index is 15.3. The molecule has 6 N–H and O–H groups in total. The van der Waals surface area contributed by atoms with E-state index in [-0.39, 0.29) is 64.2 Å². The summed E-state index contributed by atoms with van der Waals surface area (Å²) < 4.78 is 96.7. The molecule has 1 aliphatic carbocycles. The summed E-state index contributed by atoms with van der Waals surface area (Å²) in [5, 5.41) is 23.0. The second-order valence-electron chi connectivity index (χ2n) is 18.7. The SMILES string of the molecule is CCC1C(=O)OCc2c1cc1n(c2=O)Cc2c-1nc1cc(F)c(C)c3c1c2[C@@H](NC(=O)COCNC(=O)CNC(=O)[C@H](Cc1ccccc1)NC(=O)CN[NH+]([O-])CCOCCOCCC(=O)Oc1c(F)c(F)cc(F)c1F)CC3. The van der Waals surface area contributed by atoms with Crippen LogP contribution in [0.5, 0.6) is 5.75 Å². The summed E-state index contributed by atoms with van der Waals surface area (Å²) in [5.41, 5.74) is 7.62. The van der Waals surface area contributed by atoms with Gasteiger partial charge < -0.3 is 54.7 Å². The van der Waals surface area contributed by atoms with Gasteiger partial charge in [-0.25, -0.2) is 18.2 Å². The fourth-order valence-electron chi connectivity index (χ4n) is 9.61. The van der Waals surface area contributed by atoms with Crippen molar-refractivity contribution in [3.63, 3.8) is 0 Å². The van der Waals surface area contributed by atoms with Gasteiger partial charge in [0.1, 0.15) is 44.9 Å². The van der Waals surface area contributed by atoms with Crippen LogP contribution in [0, 0.1) is 41.2 Å². The van der Waals surface area contributed by atoms with Crippen LogP contribution < -0.4 is 42.2 Å². The van der Waals surface area contributed by atoms with E-state index in [1.54, 1.807) is 47.9 Å². The fourth-order valence-corrected chi connectivity index (χ4v) is 9.61. The highest BCUT2D eigenvalue weighted by Gasteiger charge is 2.38. The first kappa shape index (κ1) is 57.4. The van der Waals surface area contributed by atoms with Gasteiger partial charge in [0, 0.05) is 29.5 Å². The van der Waals surface area contributed by atoms with Crippen LogP contribution in [0.2, 0.25) is 0 Å². The lowest BCUT2D eigenvalue weighted by Crippen LogP contribution is -3.15. The van der Waals surface area contributed by atoms with E-state index in [0.717, 1.165) is 5.56 Å². The normalized spacial score (nSPS) is 15.8. The summed E-state index contributed by atoms with van der Waals surface area (Å²) in [6.45, 7) is 0.815. The number of hydroxylamine groups is 1. The number of ether oxygens (including phenoxy) is 5. The first-order valence-electron chi connectivity index (χ1n) is 25.2. The van der Waals surface area contributed by atoms with Crippen molar-refractivity contribution in [1.82, 2.24) is 36.2 Å². The number of rotatable bonds is 25. The van der Waals surface area contributed by atoms with E-state index >= 15 is 4.39 Å². The van der Waals surface area contributed by atoms with Crippen LogP contribution in [0.25, 0.3) is 22.3 Å². The number of fused-ring (bicyclic) bond motifs is 5. The Morgan fingerprint density at radius 2 is 1.59 bits per heavy atom. The molecule has 0 radical (unpaired) electrons. The Morgan fingerprint density at radius 1 is 0.861 bits per heavy atom. The van der Waals surface area contributed by atoms with Crippen LogP contribution >= 0.6 is 0 Å². The Kier molecular flexibility index (Phi) is 18.8. The number of carbonyl (C=O) groups excluding carboxylic acids is 6. The maximum atomic E-state index is 15.3. The molecule has 0 saturated carbocycles. The number of benzene rings is 3. The van der Waals surface area contributed by atoms with E-state index in [2.05, 4.69) is 31.4 Å². The number of halogens is 5. The molecule has 0 fully saturated rings. The fraction of sp³-hybridized carbons (Fsp3) is 0.396. The summed E-state index contributed by atoms with van der Waals surface area (Å²) in [6.07, 6.45) is 0.731. The summed E-state index contributed by atoms with van der Waals surface area (Å²) >= 11 is 0. The quantitative estimate of drug-likeness (QED) is 0.00910. The molecule has 2 unspecified atom stereocenters. The Labute approximate surface area is 447 Å². The molecule has 0 saturated heterocycles. The van der Waals surface area contributed by atoms with Gasteiger partial charge in [0.15, 0.2) is 11.6 Å². The lowest BCUT2D eigenvalue weighted by atomic mass is 9.81. The monoisotopic (exact) mass is 1110 g/mol. The van der Waals surface area contributed by atoms with Crippen LogP contribution in [0.3, 0.4) is 0 Å². The van der Waals surface area contributed by atoms with Gasteiger partial charge in [-0.3, -0.25) is 38.7 Å². The van der Waals surface area contributed by atoms with Crippen LogP contribution in [-0.4, -0.2) is 111 Å². The number of esters is 2. The lowest BCUT2D eigenvalue weighted by molar-refractivity contribution is -0.895. The lowest BCUT2D eigenvalue weighted by Gasteiger charge is -2.29. The third kappa shape index (κ3) is 13.4. The minimum absolute atomic E-state index is 0.0224. The third-order valence-electron chi connectivity index (χ3n) is 13.5. The largest absolute Gasteiger partial charge is 0.613 e. The number of pyridine rings is 2. The minimum atomic E-state index is -1.87. The predicted octanol–water partition coefficient (Wildman–Crippen LogP) is 1.93. The molecule has 3 aromatic carbocycles. The average molecular weight is 1110 g/mol. The highest BCUT2D eigenvalue weighted by molar-refractivity contribution is 5.94. The van der Waals surface area contributed by atoms with E-state index in [1.807, 2.05) is 6.92 Å². The topological polar surface area (TPSA) is 271 Å². The van der Waals surface area contributed by atoms with Crippen molar-refractivity contribution in [2.45, 2.75) is 77.1 Å². The molecule has 420 valence electrons. The van der Waals surface area contributed by atoms with Gasteiger partial charge in [0.25, 0.3) is 5.56 Å². The summed E-state index contributed by atoms with van der Waals surface area (Å²) in [5.74, 6) is -14.1. The number of hydrogen-bond donors (Lipinski definition) is 6. The van der Waals surface area contributed by atoms with Crippen molar-refractivity contribution in [3.05, 3.63) is 132 Å². The Hall–Kier alpha value is -7.75. The number of nitrogens with one attached hydrogen (secondary N) is 6. The highest BCUT2D eigenvalue weighted by atomic mass is 19.2. The number of cyclic esters (lactones) is 1. The molecular formula is C53H55F5N8O13. The van der Waals surface area contributed by atoms with Crippen molar-refractivity contribution in [1.29, 1.82) is 0 Å². The van der Waals surface area contributed by atoms with Gasteiger partial charge in [-0.15, -0.1) is 0 Å². The molecule has 8 rings (SSSR count). The molecule has 2 aromatic heterocycles. The van der Waals surface area contributed by atoms with E-state index in [0.29, 0.717) is 74.9 Å². The van der Waals surface area contributed by atoms with Crippen molar-refractivity contribution in [3.8, 4) is 17.1 Å². The van der Waals surface area contributed by atoms with Gasteiger partial charge >= 0.3 is 11.9 Å². The van der Waals surface area contributed by atoms with Crippen molar-refractivity contribution in [2.24, 2.45) is 0 Å². The zero-order valence-corrected chi connectivity index (χ0v) is 42.8. The summed E-state index contributed by atoms with van der Waals surface area (Å²) in [4.78, 5) is 95.9. The number of aryl methyl sites for hydroxylation is 1. The predicted molar refractivity (Wildman–Crippen MR) is 267 cm³/mol. The van der Waals surface area contributed by atoms with Gasteiger partial charge in [0.05, 0.1) is 80.4 Å². The first-order chi connectivity index (χ1) is 37.9. The van der Waals surface area contributed by atoms with Crippen molar-refractivity contribution >= 4 is 46.5 Å². The molecular weight excluding hydrogens is 1050 g/mol. The molecule has 4 heterocycles. The van der Waals surface area contributed by atoms with Gasteiger partial charge in [-0.1, -0.05) is 37.3 Å². The van der Waals surface area contributed by atoms with Crippen LogP contribution in [0.4, 0.5) is 22.0 Å². The van der Waals surface area contributed by atoms with Crippen LogP contribution in [0.1, 0.15) is 77.1 Å². The zero-order valence-electron chi connectivity index (χ0n) is 42.8. The number of aromatic nitrogens is 2. The molecule has 5 aromatic rings. The van der Waals surface area contributed by atoms with Gasteiger partial charge in [-0.05, 0) is 60.1 Å². The smallest absolute Gasteiger partial charge is 0.313 e. The van der Waals surface area contributed by atoms with Crippen molar-refractivity contribution in [2.75, 3.05) is 59.4 Å². The maximum Gasteiger partial charge on any atom is 0.313 e. The van der Waals surface area contributed by atoms with E-state index < -0.39 is 126 Å². The molecule has 79 heavy (non-hydrogen) atoms. The number of hydrogen-bond acceptors (Lipinski definition) is 15. The number of carbonyl (C=O) groups is 6. The number of amides is 4. The Balaban J connectivity index is 0.764. The second-order valence-corrected chi connectivity index (χ2v) is 18.7. The molecule has 0 bridgehead atoms. The Morgan fingerprint density at radius 3 is 2.33 bits per heavy atom. The van der Waals surface area contributed by atoms with E-state index in [9.17, 15) is 56.3 Å². The number of quaternary nitrogens is 1. The molecule has 4 amide bonds. The highest BCUT2D eigenvalue weighted by Crippen LogP contribution is 2.45. The molecule has 2 aliphatic heterocycles. The molecule has 21 nitrogen and oxygen atoms in total. The van der Waals surface area contributed by atoms with Crippen LogP contribution in [-0.2, 0) is 73.7 Å². The summed E-state index contributed by atoms with van der Waals surface area (Å²) in [6, 6.07) is 10.0.